The molecule has 0 saturated heterocycles. The van der Waals surface area contributed by atoms with Gasteiger partial charge in [0.25, 0.3) is 0 Å². The Labute approximate surface area is 131 Å². The minimum absolute atomic E-state index is 0.451. The van der Waals surface area contributed by atoms with Gasteiger partial charge in [0.1, 0.15) is 5.75 Å². The highest BCUT2D eigenvalue weighted by Crippen LogP contribution is 2.30. The van der Waals surface area contributed by atoms with Crippen molar-refractivity contribution < 1.29 is 4.74 Å². The second-order valence-corrected chi connectivity index (χ2v) is 5.49. The van der Waals surface area contributed by atoms with E-state index in [0.29, 0.717) is 23.2 Å². The maximum Gasteiger partial charge on any atom is 0.237 e. The highest BCUT2D eigenvalue weighted by Gasteiger charge is 2.05. The standard InChI is InChI=1S/C14H15BrClN3O/c1-2-5-17-7-11-8-19-14(9-18-11)20-13-4-3-10(16)6-12(13)15/h3-4,6,8-9,17H,2,5,7H2,1H3. The van der Waals surface area contributed by atoms with Crippen molar-refractivity contribution in [3.05, 3.63) is 45.8 Å². The van der Waals surface area contributed by atoms with E-state index in [0.717, 1.165) is 23.1 Å². The molecule has 6 heteroatoms. The molecular formula is C14H15BrClN3O. The van der Waals surface area contributed by atoms with Crippen LogP contribution in [0.1, 0.15) is 19.0 Å². The number of hydrogen-bond donors (Lipinski definition) is 1. The van der Waals surface area contributed by atoms with Crippen LogP contribution in [-0.4, -0.2) is 16.5 Å². The molecule has 0 fully saturated rings. The first-order chi connectivity index (χ1) is 9.69. The van der Waals surface area contributed by atoms with Crippen molar-refractivity contribution in [2.24, 2.45) is 0 Å². The second-order valence-electron chi connectivity index (χ2n) is 4.20. The van der Waals surface area contributed by atoms with Crippen LogP contribution in [0.25, 0.3) is 0 Å². The summed E-state index contributed by atoms with van der Waals surface area (Å²) in [6.07, 6.45) is 4.42. The summed E-state index contributed by atoms with van der Waals surface area (Å²) in [5.41, 5.74) is 0.890. The van der Waals surface area contributed by atoms with Gasteiger partial charge in [0.15, 0.2) is 0 Å². The lowest BCUT2D eigenvalue weighted by molar-refractivity contribution is 0.456. The van der Waals surface area contributed by atoms with Crippen LogP contribution in [0.15, 0.2) is 35.1 Å². The van der Waals surface area contributed by atoms with Crippen LogP contribution in [0, 0.1) is 0 Å². The van der Waals surface area contributed by atoms with Crippen LogP contribution in [0.4, 0.5) is 0 Å². The third kappa shape index (κ3) is 4.44. The molecule has 2 rings (SSSR count). The molecule has 0 amide bonds. The lowest BCUT2D eigenvalue weighted by Gasteiger charge is -2.07. The van der Waals surface area contributed by atoms with Crippen molar-refractivity contribution >= 4 is 27.5 Å². The normalized spacial score (nSPS) is 10.6. The van der Waals surface area contributed by atoms with Gasteiger partial charge in [-0.3, -0.25) is 4.98 Å². The summed E-state index contributed by atoms with van der Waals surface area (Å²) in [5, 5.41) is 3.92. The Kier molecular flexibility index (Phi) is 5.76. The zero-order chi connectivity index (χ0) is 14.4. The van der Waals surface area contributed by atoms with Gasteiger partial charge < -0.3 is 10.1 Å². The van der Waals surface area contributed by atoms with Gasteiger partial charge in [-0.2, -0.15) is 0 Å². The highest BCUT2D eigenvalue weighted by atomic mass is 79.9. The third-order valence-electron chi connectivity index (χ3n) is 2.52. The zero-order valence-corrected chi connectivity index (χ0v) is 13.4. The molecule has 0 aliphatic carbocycles. The number of nitrogens with one attached hydrogen (secondary N) is 1. The third-order valence-corrected chi connectivity index (χ3v) is 3.38. The summed E-state index contributed by atoms with van der Waals surface area (Å²) < 4.78 is 6.42. The molecule has 1 aromatic heterocycles. The quantitative estimate of drug-likeness (QED) is 0.789. The molecule has 0 aliphatic heterocycles. The van der Waals surface area contributed by atoms with Gasteiger partial charge in [0, 0.05) is 11.6 Å². The monoisotopic (exact) mass is 355 g/mol. The van der Waals surface area contributed by atoms with Crippen molar-refractivity contribution in [3.63, 3.8) is 0 Å². The van der Waals surface area contributed by atoms with Gasteiger partial charge in [-0.05, 0) is 47.1 Å². The van der Waals surface area contributed by atoms with E-state index in [1.807, 2.05) is 0 Å². The molecule has 0 radical (unpaired) electrons. The van der Waals surface area contributed by atoms with Crippen molar-refractivity contribution in [1.29, 1.82) is 0 Å². The number of halogens is 2. The van der Waals surface area contributed by atoms with Gasteiger partial charge in [-0.1, -0.05) is 18.5 Å². The number of hydrogen-bond acceptors (Lipinski definition) is 4. The minimum Gasteiger partial charge on any atom is -0.436 e. The largest absolute Gasteiger partial charge is 0.436 e. The second kappa shape index (κ2) is 7.57. The van der Waals surface area contributed by atoms with Gasteiger partial charge in [0.2, 0.25) is 5.88 Å². The molecule has 0 atom stereocenters. The number of rotatable bonds is 6. The highest BCUT2D eigenvalue weighted by molar-refractivity contribution is 9.10. The Morgan fingerprint density at radius 3 is 2.80 bits per heavy atom. The molecular weight excluding hydrogens is 342 g/mol. The number of nitrogens with zero attached hydrogens (tertiary/aromatic N) is 2. The summed E-state index contributed by atoms with van der Waals surface area (Å²) in [6, 6.07) is 5.32. The Hall–Kier alpha value is -1.17. The van der Waals surface area contributed by atoms with E-state index in [1.165, 1.54) is 0 Å². The molecule has 1 heterocycles. The van der Waals surface area contributed by atoms with Crippen LogP contribution in [0.2, 0.25) is 5.02 Å². The number of benzene rings is 1. The summed E-state index contributed by atoms with van der Waals surface area (Å²) >= 11 is 9.27. The fourth-order valence-electron chi connectivity index (χ4n) is 1.55. The van der Waals surface area contributed by atoms with Crippen LogP contribution < -0.4 is 10.1 Å². The molecule has 20 heavy (non-hydrogen) atoms. The van der Waals surface area contributed by atoms with Crippen LogP contribution in [0.3, 0.4) is 0 Å². The lowest BCUT2D eigenvalue weighted by atomic mass is 10.3. The first kappa shape index (κ1) is 15.2. The van der Waals surface area contributed by atoms with Crippen LogP contribution in [0.5, 0.6) is 11.6 Å². The van der Waals surface area contributed by atoms with Gasteiger partial charge in [-0.15, -0.1) is 0 Å². The molecule has 0 saturated carbocycles. The maximum absolute atomic E-state index is 5.88. The topological polar surface area (TPSA) is 47.0 Å². The molecule has 1 aromatic carbocycles. The summed E-state index contributed by atoms with van der Waals surface area (Å²) in [5.74, 6) is 1.10. The van der Waals surface area contributed by atoms with E-state index in [2.05, 4.69) is 38.1 Å². The van der Waals surface area contributed by atoms with E-state index < -0.39 is 0 Å². The summed E-state index contributed by atoms with van der Waals surface area (Å²) in [6.45, 7) is 3.81. The fourth-order valence-corrected chi connectivity index (χ4v) is 2.31. The average molecular weight is 357 g/mol. The zero-order valence-electron chi connectivity index (χ0n) is 11.1. The summed E-state index contributed by atoms with van der Waals surface area (Å²) in [7, 11) is 0. The lowest BCUT2D eigenvalue weighted by Crippen LogP contribution is -2.14. The molecule has 2 aromatic rings. The SMILES string of the molecule is CCCNCc1cnc(Oc2ccc(Cl)cc2Br)cn1. The van der Waals surface area contributed by atoms with Crippen molar-refractivity contribution in [3.8, 4) is 11.6 Å². The molecule has 4 nitrogen and oxygen atoms in total. The molecule has 0 unspecified atom stereocenters. The molecule has 0 bridgehead atoms. The Bertz CT molecular complexity index is 563. The van der Waals surface area contributed by atoms with E-state index >= 15 is 0 Å². The Morgan fingerprint density at radius 2 is 2.15 bits per heavy atom. The molecule has 106 valence electrons. The minimum atomic E-state index is 0.451. The molecule has 0 spiro atoms. The van der Waals surface area contributed by atoms with E-state index in [1.54, 1.807) is 30.6 Å². The first-order valence-electron chi connectivity index (χ1n) is 6.33. The average Bonchev–Trinajstić information content (AvgIpc) is 2.44. The van der Waals surface area contributed by atoms with Crippen LogP contribution >= 0.6 is 27.5 Å². The molecule has 1 N–H and O–H groups in total. The summed E-state index contributed by atoms with van der Waals surface area (Å²) in [4.78, 5) is 8.54. The van der Waals surface area contributed by atoms with Crippen molar-refractivity contribution in [2.45, 2.75) is 19.9 Å². The van der Waals surface area contributed by atoms with Crippen LogP contribution in [-0.2, 0) is 6.54 Å². The van der Waals surface area contributed by atoms with Gasteiger partial charge in [-0.25, -0.2) is 4.98 Å². The van der Waals surface area contributed by atoms with Crippen molar-refractivity contribution in [2.75, 3.05) is 6.54 Å². The predicted molar refractivity (Wildman–Crippen MR) is 83.3 cm³/mol. The van der Waals surface area contributed by atoms with Crippen molar-refractivity contribution in [1.82, 2.24) is 15.3 Å². The number of ether oxygens (including phenoxy) is 1. The Balaban J connectivity index is 1.99. The number of aromatic nitrogens is 2. The van der Waals surface area contributed by atoms with E-state index in [-0.39, 0.29) is 0 Å². The van der Waals surface area contributed by atoms with E-state index in [4.69, 9.17) is 16.3 Å². The van der Waals surface area contributed by atoms with E-state index in [9.17, 15) is 0 Å². The maximum atomic E-state index is 5.88. The smallest absolute Gasteiger partial charge is 0.237 e. The fraction of sp³-hybridized carbons (Fsp3) is 0.286. The van der Waals surface area contributed by atoms with Gasteiger partial charge in [0.05, 0.1) is 22.6 Å². The predicted octanol–water partition coefficient (Wildman–Crippen LogP) is 4.18. The molecule has 0 aliphatic rings. The van der Waals surface area contributed by atoms with Gasteiger partial charge >= 0.3 is 0 Å². The first-order valence-corrected chi connectivity index (χ1v) is 7.50. The Morgan fingerprint density at radius 1 is 1.30 bits per heavy atom.